The number of methoxy groups -OCH3 is 1. The molecule has 0 radical (unpaired) electrons. The molecule has 21 heavy (non-hydrogen) atoms. The summed E-state index contributed by atoms with van der Waals surface area (Å²) in [5.41, 5.74) is 0.987. The van der Waals surface area contributed by atoms with Crippen LogP contribution in [0.3, 0.4) is 0 Å². The largest absolute Gasteiger partial charge is 0.497 e. The van der Waals surface area contributed by atoms with Gasteiger partial charge in [0, 0.05) is 18.2 Å². The van der Waals surface area contributed by atoms with Crippen molar-refractivity contribution in [3.63, 3.8) is 0 Å². The SMILES string of the molecule is CCOC(=O)COc1cc(OC)ccc1CNCC(C)C. The number of esters is 1. The van der Waals surface area contributed by atoms with Gasteiger partial charge >= 0.3 is 5.97 Å². The van der Waals surface area contributed by atoms with Crippen molar-refractivity contribution in [1.29, 1.82) is 0 Å². The molecule has 1 rings (SSSR count). The fourth-order valence-corrected chi connectivity index (χ4v) is 1.78. The van der Waals surface area contributed by atoms with E-state index in [4.69, 9.17) is 14.2 Å². The Morgan fingerprint density at radius 1 is 1.33 bits per heavy atom. The Hall–Kier alpha value is -1.75. The molecule has 0 aliphatic heterocycles. The average molecular weight is 295 g/mol. The Morgan fingerprint density at radius 2 is 2.10 bits per heavy atom. The van der Waals surface area contributed by atoms with Gasteiger partial charge in [-0.2, -0.15) is 0 Å². The quantitative estimate of drug-likeness (QED) is 0.709. The highest BCUT2D eigenvalue weighted by molar-refractivity contribution is 5.71. The molecule has 0 saturated heterocycles. The zero-order chi connectivity index (χ0) is 15.7. The van der Waals surface area contributed by atoms with Crippen LogP contribution in [-0.4, -0.2) is 32.8 Å². The average Bonchev–Trinajstić information content (AvgIpc) is 2.46. The smallest absolute Gasteiger partial charge is 0.344 e. The first-order valence-corrected chi connectivity index (χ1v) is 7.22. The minimum Gasteiger partial charge on any atom is -0.497 e. The molecule has 0 aliphatic rings. The predicted molar refractivity (Wildman–Crippen MR) is 81.7 cm³/mol. The van der Waals surface area contributed by atoms with Crippen molar-refractivity contribution in [2.45, 2.75) is 27.3 Å². The number of nitrogens with one attached hydrogen (secondary N) is 1. The van der Waals surface area contributed by atoms with E-state index in [2.05, 4.69) is 19.2 Å². The molecule has 0 aliphatic carbocycles. The summed E-state index contributed by atoms with van der Waals surface area (Å²) in [4.78, 5) is 11.4. The van der Waals surface area contributed by atoms with E-state index in [1.54, 1.807) is 20.1 Å². The van der Waals surface area contributed by atoms with Gasteiger partial charge in [0.25, 0.3) is 0 Å². The Balaban J connectivity index is 2.69. The van der Waals surface area contributed by atoms with Crippen LogP contribution in [0.2, 0.25) is 0 Å². The molecule has 0 saturated carbocycles. The van der Waals surface area contributed by atoms with E-state index in [-0.39, 0.29) is 12.6 Å². The molecular formula is C16H25NO4. The van der Waals surface area contributed by atoms with Gasteiger partial charge in [-0.3, -0.25) is 0 Å². The summed E-state index contributed by atoms with van der Waals surface area (Å²) in [7, 11) is 1.60. The molecule has 0 amide bonds. The normalized spacial score (nSPS) is 10.5. The summed E-state index contributed by atoms with van der Waals surface area (Å²) in [6, 6.07) is 5.60. The molecule has 0 unspecified atom stereocenters. The van der Waals surface area contributed by atoms with E-state index in [9.17, 15) is 4.79 Å². The summed E-state index contributed by atoms with van der Waals surface area (Å²) in [6.07, 6.45) is 0. The molecule has 0 fully saturated rings. The van der Waals surface area contributed by atoms with E-state index >= 15 is 0 Å². The summed E-state index contributed by atoms with van der Waals surface area (Å²) in [6.45, 7) is 7.92. The lowest BCUT2D eigenvalue weighted by Crippen LogP contribution is -2.20. The van der Waals surface area contributed by atoms with Crippen molar-refractivity contribution >= 4 is 5.97 Å². The van der Waals surface area contributed by atoms with Crippen molar-refractivity contribution in [3.8, 4) is 11.5 Å². The Labute approximate surface area is 126 Å². The van der Waals surface area contributed by atoms with Crippen molar-refractivity contribution in [2.24, 2.45) is 5.92 Å². The molecule has 0 atom stereocenters. The second-order valence-electron chi connectivity index (χ2n) is 5.09. The highest BCUT2D eigenvalue weighted by atomic mass is 16.6. The predicted octanol–water partition coefficient (Wildman–Crippen LogP) is 2.38. The number of benzene rings is 1. The zero-order valence-corrected chi connectivity index (χ0v) is 13.3. The zero-order valence-electron chi connectivity index (χ0n) is 13.3. The van der Waals surface area contributed by atoms with Crippen LogP contribution in [0.15, 0.2) is 18.2 Å². The molecule has 0 bridgehead atoms. The van der Waals surface area contributed by atoms with Gasteiger partial charge in [-0.05, 0) is 25.5 Å². The third-order valence-corrected chi connectivity index (χ3v) is 2.79. The molecule has 0 aromatic heterocycles. The maximum Gasteiger partial charge on any atom is 0.344 e. The van der Waals surface area contributed by atoms with Gasteiger partial charge in [-0.1, -0.05) is 19.9 Å². The van der Waals surface area contributed by atoms with Crippen molar-refractivity contribution < 1.29 is 19.0 Å². The van der Waals surface area contributed by atoms with Gasteiger partial charge < -0.3 is 19.5 Å². The fraction of sp³-hybridized carbons (Fsp3) is 0.562. The Kier molecular flexibility index (Phi) is 7.61. The maximum atomic E-state index is 11.4. The molecular weight excluding hydrogens is 270 g/mol. The molecule has 1 aromatic carbocycles. The van der Waals surface area contributed by atoms with Crippen molar-refractivity contribution in [2.75, 3.05) is 26.9 Å². The van der Waals surface area contributed by atoms with Crippen LogP contribution in [0.5, 0.6) is 11.5 Å². The van der Waals surface area contributed by atoms with E-state index in [0.29, 0.717) is 30.6 Å². The second kappa shape index (κ2) is 9.23. The van der Waals surface area contributed by atoms with Gasteiger partial charge in [0.15, 0.2) is 6.61 Å². The monoisotopic (exact) mass is 295 g/mol. The summed E-state index contributed by atoms with van der Waals surface area (Å²) < 4.78 is 15.6. The lowest BCUT2D eigenvalue weighted by Gasteiger charge is -2.14. The van der Waals surface area contributed by atoms with Crippen LogP contribution in [0.25, 0.3) is 0 Å². The number of hydrogen-bond acceptors (Lipinski definition) is 5. The van der Waals surface area contributed by atoms with Gasteiger partial charge in [-0.25, -0.2) is 4.79 Å². The number of carbonyl (C=O) groups excluding carboxylic acids is 1. The first kappa shape index (κ1) is 17.3. The molecule has 0 heterocycles. The van der Waals surface area contributed by atoms with Gasteiger partial charge in [0.1, 0.15) is 11.5 Å². The number of rotatable bonds is 9. The fourth-order valence-electron chi connectivity index (χ4n) is 1.78. The van der Waals surface area contributed by atoms with E-state index in [1.807, 2.05) is 12.1 Å². The van der Waals surface area contributed by atoms with Crippen LogP contribution in [-0.2, 0) is 16.1 Å². The molecule has 5 nitrogen and oxygen atoms in total. The number of hydrogen-bond donors (Lipinski definition) is 1. The van der Waals surface area contributed by atoms with Crippen LogP contribution >= 0.6 is 0 Å². The van der Waals surface area contributed by atoms with Gasteiger partial charge in [0.2, 0.25) is 0 Å². The maximum absolute atomic E-state index is 11.4. The Morgan fingerprint density at radius 3 is 2.71 bits per heavy atom. The number of carbonyl (C=O) groups is 1. The lowest BCUT2D eigenvalue weighted by molar-refractivity contribution is -0.145. The van der Waals surface area contributed by atoms with E-state index in [0.717, 1.165) is 12.1 Å². The molecule has 5 heteroatoms. The summed E-state index contributed by atoms with van der Waals surface area (Å²) in [5, 5.41) is 3.35. The molecule has 1 aromatic rings. The van der Waals surface area contributed by atoms with Crippen LogP contribution in [0.4, 0.5) is 0 Å². The first-order chi connectivity index (χ1) is 10.1. The number of ether oxygens (including phenoxy) is 3. The molecule has 0 spiro atoms. The van der Waals surface area contributed by atoms with Crippen LogP contribution in [0.1, 0.15) is 26.3 Å². The third kappa shape index (κ3) is 6.49. The minimum absolute atomic E-state index is 0.0990. The van der Waals surface area contributed by atoms with Crippen LogP contribution < -0.4 is 14.8 Å². The van der Waals surface area contributed by atoms with Crippen molar-refractivity contribution in [3.05, 3.63) is 23.8 Å². The highest BCUT2D eigenvalue weighted by Gasteiger charge is 2.09. The summed E-state index contributed by atoms with van der Waals surface area (Å²) in [5.74, 6) is 1.54. The van der Waals surface area contributed by atoms with E-state index in [1.165, 1.54) is 0 Å². The lowest BCUT2D eigenvalue weighted by atomic mass is 10.1. The van der Waals surface area contributed by atoms with Crippen molar-refractivity contribution in [1.82, 2.24) is 5.32 Å². The van der Waals surface area contributed by atoms with E-state index < -0.39 is 0 Å². The minimum atomic E-state index is -0.374. The summed E-state index contributed by atoms with van der Waals surface area (Å²) >= 11 is 0. The van der Waals surface area contributed by atoms with Gasteiger partial charge in [-0.15, -0.1) is 0 Å². The molecule has 1 N–H and O–H groups in total. The second-order valence-corrected chi connectivity index (χ2v) is 5.09. The Bertz CT molecular complexity index is 446. The highest BCUT2D eigenvalue weighted by Crippen LogP contribution is 2.25. The van der Waals surface area contributed by atoms with Gasteiger partial charge in [0.05, 0.1) is 13.7 Å². The first-order valence-electron chi connectivity index (χ1n) is 7.22. The van der Waals surface area contributed by atoms with Crippen LogP contribution in [0, 0.1) is 5.92 Å². The standard InChI is InChI=1S/C16H25NO4/c1-5-20-16(18)11-21-15-8-14(19-4)7-6-13(15)10-17-9-12(2)3/h6-8,12,17H,5,9-11H2,1-4H3. The third-order valence-electron chi connectivity index (χ3n) is 2.79. The molecule has 118 valence electrons. The topological polar surface area (TPSA) is 56.8 Å².